The molecule has 0 spiro atoms. The first kappa shape index (κ1) is 17.7. The summed E-state index contributed by atoms with van der Waals surface area (Å²) in [5.41, 5.74) is 0.738. The lowest BCUT2D eigenvalue weighted by Gasteiger charge is -2.40. The highest BCUT2D eigenvalue weighted by atomic mass is 16.6. The maximum atomic E-state index is 12.2. The number of carbonyl (C=O) groups excluding carboxylic acids is 2. The number of hydrogen-bond acceptors (Lipinski definition) is 4. The molecule has 0 fully saturated rings. The smallest absolute Gasteiger partial charge is 0.337 e. The first-order valence-electron chi connectivity index (χ1n) is 7.51. The Morgan fingerprint density at radius 3 is 2.43 bits per heavy atom. The molecule has 0 radical (unpaired) electrons. The Labute approximate surface area is 126 Å². The van der Waals surface area contributed by atoms with Crippen LogP contribution in [0.3, 0.4) is 0 Å². The molecule has 5 heteroatoms. The van der Waals surface area contributed by atoms with E-state index >= 15 is 0 Å². The van der Waals surface area contributed by atoms with Crippen molar-refractivity contribution in [2.45, 2.75) is 71.6 Å². The minimum atomic E-state index is -1.35. The first-order valence-corrected chi connectivity index (χ1v) is 7.51. The van der Waals surface area contributed by atoms with E-state index in [9.17, 15) is 14.7 Å². The number of allylic oxidation sites excluding steroid dienone is 1. The molecule has 5 nitrogen and oxygen atoms in total. The molecular formula is C16H27NO4. The van der Waals surface area contributed by atoms with Crippen molar-refractivity contribution in [3.8, 4) is 0 Å². The van der Waals surface area contributed by atoms with Gasteiger partial charge in [-0.05, 0) is 32.6 Å². The molecule has 2 N–H and O–H groups in total. The molecule has 0 aromatic heterocycles. The third-order valence-electron chi connectivity index (χ3n) is 4.24. The Morgan fingerprint density at radius 1 is 1.38 bits per heavy atom. The molecule has 0 unspecified atom stereocenters. The average molecular weight is 297 g/mol. The summed E-state index contributed by atoms with van der Waals surface area (Å²) in [4.78, 5) is 23.2. The first-order chi connectivity index (χ1) is 9.68. The zero-order valence-corrected chi connectivity index (χ0v) is 13.6. The molecule has 0 aromatic rings. The van der Waals surface area contributed by atoms with Crippen molar-refractivity contribution >= 4 is 11.9 Å². The molecule has 0 saturated carbocycles. The summed E-state index contributed by atoms with van der Waals surface area (Å²) < 4.78 is 5.67. The van der Waals surface area contributed by atoms with E-state index in [-0.39, 0.29) is 11.8 Å². The molecular weight excluding hydrogens is 270 g/mol. The summed E-state index contributed by atoms with van der Waals surface area (Å²) in [6, 6.07) is -0.667. The van der Waals surface area contributed by atoms with Crippen LogP contribution in [0.2, 0.25) is 0 Å². The van der Waals surface area contributed by atoms with E-state index in [1.807, 2.05) is 13.8 Å². The largest absolute Gasteiger partial charge is 0.456 e. The number of aliphatic hydroxyl groups excluding tert-OH is 1. The Morgan fingerprint density at radius 2 is 2.00 bits per heavy atom. The highest BCUT2D eigenvalue weighted by molar-refractivity contribution is 5.78. The van der Waals surface area contributed by atoms with Gasteiger partial charge in [0.1, 0.15) is 5.60 Å². The molecule has 0 bridgehead atoms. The molecule has 1 aliphatic carbocycles. The van der Waals surface area contributed by atoms with Crippen molar-refractivity contribution in [3.63, 3.8) is 0 Å². The van der Waals surface area contributed by atoms with Gasteiger partial charge >= 0.3 is 5.97 Å². The predicted octanol–water partition coefficient (Wildman–Crippen LogP) is 1.94. The molecule has 0 aromatic carbocycles. The Bertz CT molecular complexity index is 430. The topological polar surface area (TPSA) is 75.6 Å². The second-order valence-corrected chi connectivity index (χ2v) is 6.33. The van der Waals surface area contributed by atoms with Crippen LogP contribution in [0.15, 0.2) is 11.6 Å². The normalized spacial score (nSPS) is 25.0. The number of rotatable bonds is 5. The van der Waals surface area contributed by atoms with Gasteiger partial charge in [-0.3, -0.25) is 4.79 Å². The molecule has 21 heavy (non-hydrogen) atoms. The van der Waals surface area contributed by atoms with E-state index in [0.29, 0.717) is 6.42 Å². The molecule has 1 aliphatic rings. The highest BCUT2D eigenvalue weighted by Crippen LogP contribution is 2.37. The van der Waals surface area contributed by atoms with Crippen LogP contribution in [0, 0.1) is 5.92 Å². The fourth-order valence-electron chi connectivity index (χ4n) is 2.56. The van der Waals surface area contributed by atoms with Crippen molar-refractivity contribution in [1.82, 2.24) is 5.32 Å². The van der Waals surface area contributed by atoms with Gasteiger partial charge < -0.3 is 15.2 Å². The van der Waals surface area contributed by atoms with Crippen molar-refractivity contribution < 1.29 is 19.4 Å². The van der Waals surface area contributed by atoms with Crippen LogP contribution < -0.4 is 5.32 Å². The number of hydrogen-bond donors (Lipinski definition) is 2. The van der Waals surface area contributed by atoms with Gasteiger partial charge in [0.05, 0.1) is 6.04 Å². The van der Waals surface area contributed by atoms with Gasteiger partial charge in [-0.15, -0.1) is 0 Å². The van der Waals surface area contributed by atoms with Crippen LogP contribution in [0.4, 0.5) is 0 Å². The van der Waals surface area contributed by atoms with Crippen LogP contribution >= 0.6 is 0 Å². The van der Waals surface area contributed by atoms with Gasteiger partial charge in [-0.1, -0.05) is 25.5 Å². The average Bonchev–Trinajstić information content (AvgIpc) is 2.39. The second-order valence-electron chi connectivity index (χ2n) is 6.33. The summed E-state index contributed by atoms with van der Waals surface area (Å²) in [7, 11) is 0. The minimum Gasteiger partial charge on any atom is -0.456 e. The van der Waals surface area contributed by atoms with E-state index < -0.39 is 23.7 Å². The summed E-state index contributed by atoms with van der Waals surface area (Å²) in [6.45, 7) is 9.04. The SMILES string of the molecule is CC(=O)N[C@@H](C)[C@@H](O)C(=O)O[C@]1(C(C)C)CC=C(C)CC1. The Hall–Kier alpha value is -1.36. The van der Waals surface area contributed by atoms with E-state index in [2.05, 4.69) is 18.3 Å². The number of nitrogens with one attached hydrogen (secondary N) is 1. The van der Waals surface area contributed by atoms with Crippen LogP contribution in [-0.2, 0) is 14.3 Å². The lowest BCUT2D eigenvalue weighted by molar-refractivity contribution is -0.177. The van der Waals surface area contributed by atoms with Crippen LogP contribution in [-0.4, -0.2) is 34.7 Å². The monoisotopic (exact) mass is 297 g/mol. The van der Waals surface area contributed by atoms with E-state index in [0.717, 1.165) is 12.8 Å². The van der Waals surface area contributed by atoms with Gasteiger partial charge in [-0.25, -0.2) is 4.79 Å². The lowest BCUT2D eigenvalue weighted by atomic mass is 9.78. The summed E-state index contributed by atoms with van der Waals surface area (Å²) in [5.74, 6) is -0.795. The third kappa shape index (κ3) is 4.56. The standard InChI is InChI=1S/C16H27NO4/c1-10(2)16(8-6-11(3)7-9-16)21-15(20)14(19)12(4)17-13(5)18/h6,10,12,14,19H,7-9H2,1-5H3,(H,17,18)/t12-,14+,16+/m0/s1. The third-order valence-corrected chi connectivity index (χ3v) is 4.24. The van der Waals surface area contributed by atoms with Gasteiger partial charge in [0.25, 0.3) is 0 Å². The summed E-state index contributed by atoms with van der Waals surface area (Å²) in [6.07, 6.45) is 3.07. The van der Waals surface area contributed by atoms with Crippen LogP contribution in [0.25, 0.3) is 0 Å². The minimum absolute atomic E-state index is 0.161. The van der Waals surface area contributed by atoms with Crippen molar-refractivity contribution in [1.29, 1.82) is 0 Å². The number of esters is 1. The maximum Gasteiger partial charge on any atom is 0.337 e. The molecule has 0 aliphatic heterocycles. The number of aliphatic hydroxyl groups is 1. The maximum absolute atomic E-state index is 12.2. The second kappa shape index (κ2) is 7.07. The molecule has 3 atom stereocenters. The van der Waals surface area contributed by atoms with Gasteiger partial charge in [-0.2, -0.15) is 0 Å². The fraction of sp³-hybridized carbons (Fsp3) is 0.750. The summed E-state index contributed by atoms with van der Waals surface area (Å²) in [5, 5.41) is 12.5. The molecule has 1 rings (SSSR count). The van der Waals surface area contributed by atoms with Crippen LogP contribution in [0.1, 0.15) is 53.9 Å². The van der Waals surface area contributed by atoms with Gasteiger partial charge in [0.15, 0.2) is 6.10 Å². The van der Waals surface area contributed by atoms with E-state index in [1.54, 1.807) is 6.92 Å². The molecule has 0 saturated heterocycles. The zero-order chi connectivity index (χ0) is 16.2. The van der Waals surface area contributed by atoms with Crippen molar-refractivity contribution in [3.05, 3.63) is 11.6 Å². The lowest BCUT2D eigenvalue weighted by Crippen LogP contribution is -2.49. The Balaban J connectivity index is 2.76. The molecule has 0 heterocycles. The predicted molar refractivity (Wildman–Crippen MR) is 80.6 cm³/mol. The molecule has 120 valence electrons. The zero-order valence-electron chi connectivity index (χ0n) is 13.6. The number of ether oxygens (including phenoxy) is 1. The quantitative estimate of drug-likeness (QED) is 0.600. The van der Waals surface area contributed by atoms with Gasteiger partial charge in [0.2, 0.25) is 5.91 Å². The number of amides is 1. The fourth-order valence-corrected chi connectivity index (χ4v) is 2.56. The molecule has 1 amide bonds. The highest BCUT2D eigenvalue weighted by Gasteiger charge is 2.40. The Kier molecular flexibility index (Phi) is 5.96. The summed E-state index contributed by atoms with van der Waals surface area (Å²) >= 11 is 0. The van der Waals surface area contributed by atoms with Crippen molar-refractivity contribution in [2.24, 2.45) is 5.92 Å². The van der Waals surface area contributed by atoms with E-state index in [4.69, 9.17) is 4.74 Å². The van der Waals surface area contributed by atoms with Crippen molar-refractivity contribution in [2.75, 3.05) is 0 Å². The number of carbonyl (C=O) groups is 2. The van der Waals surface area contributed by atoms with Crippen LogP contribution in [0.5, 0.6) is 0 Å². The van der Waals surface area contributed by atoms with E-state index in [1.165, 1.54) is 12.5 Å². The van der Waals surface area contributed by atoms with Gasteiger partial charge in [0, 0.05) is 13.3 Å².